The Kier molecular flexibility index (Phi) is 5.53. The highest BCUT2D eigenvalue weighted by Crippen LogP contribution is 2.58. The van der Waals surface area contributed by atoms with E-state index in [2.05, 4.69) is 20.3 Å². The van der Waals surface area contributed by atoms with Crippen molar-refractivity contribution in [2.75, 3.05) is 12.3 Å². The molecule has 0 atom stereocenters. The quantitative estimate of drug-likeness (QED) is 0.370. The van der Waals surface area contributed by atoms with Gasteiger partial charge in [0.1, 0.15) is 10.8 Å². The van der Waals surface area contributed by atoms with Crippen molar-refractivity contribution in [1.82, 2.24) is 24.8 Å². The summed E-state index contributed by atoms with van der Waals surface area (Å²) in [6, 6.07) is 0. The average molecular weight is 431 g/mol. The second-order valence-electron chi connectivity index (χ2n) is 8.45. The highest BCUT2D eigenvalue weighted by molar-refractivity contribution is 7.53. The van der Waals surface area contributed by atoms with Crippen LogP contribution in [0.3, 0.4) is 0 Å². The number of nitrogens with two attached hydrogens (primary N) is 1. The largest absolute Gasteiger partial charge is 0.368 e. The zero-order chi connectivity index (χ0) is 20.9. The minimum Gasteiger partial charge on any atom is -0.368 e. The van der Waals surface area contributed by atoms with Crippen LogP contribution < -0.4 is 11.1 Å². The van der Waals surface area contributed by atoms with Crippen LogP contribution in [0.4, 0.5) is 5.95 Å². The van der Waals surface area contributed by atoms with Crippen LogP contribution in [0.5, 0.6) is 0 Å². The van der Waals surface area contributed by atoms with Gasteiger partial charge in [0.15, 0.2) is 10.8 Å². The molecular weight excluding hydrogens is 403 g/mol. The number of aromatic nitrogens is 4. The van der Waals surface area contributed by atoms with Crippen molar-refractivity contribution in [3.63, 3.8) is 0 Å². The van der Waals surface area contributed by atoms with E-state index in [1.165, 1.54) is 0 Å². The molecule has 11 heteroatoms. The van der Waals surface area contributed by atoms with Gasteiger partial charge in [-0.05, 0) is 24.7 Å². The number of hydrogen-bond acceptors (Lipinski definition) is 6. The van der Waals surface area contributed by atoms with Crippen LogP contribution in [0.15, 0.2) is 6.33 Å². The van der Waals surface area contributed by atoms with E-state index in [4.69, 9.17) is 17.3 Å². The summed E-state index contributed by atoms with van der Waals surface area (Å²) in [5.74, 6) is -0.378. The number of nitrogens with one attached hydrogen (secondary N) is 1. The fourth-order valence-electron chi connectivity index (χ4n) is 4.15. The van der Waals surface area contributed by atoms with Gasteiger partial charge in [-0.25, -0.2) is 4.98 Å². The molecule has 5 N–H and O–H groups in total. The summed E-state index contributed by atoms with van der Waals surface area (Å²) in [5.41, 5.74) is 6.66. The Hall–Kier alpha value is -1.25. The molecule has 28 heavy (non-hydrogen) atoms. The lowest BCUT2D eigenvalue weighted by Gasteiger charge is -2.43. The fraction of sp³-hybridized carbons (Fsp3) is 0.706. The molecule has 2 aromatic rings. The van der Waals surface area contributed by atoms with E-state index in [1.54, 1.807) is 6.33 Å². The lowest BCUT2D eigenvalue weighted by molar-refractivity contribution is 0.184. The molecule has 0 radical (unpaired) electrons. The van der Waals surface area contributed by atoms with Gasteiger partial charge in [-0.1, -0.05) is 39.3 Å². The van der Waals surface area contributed by atoms with E-state index in [0.29, 0.717) is 24.3 Å². The van der Waals surface area contributed by atoms with Crippen LogP contribution in [0.2, 0.25) is 5.15 Å². The summed E-state index contributed by atoms with van der Waals surface area (Å²) < 4.78 is 14.3. The van der Waals surface area contributed by atoms with Gasteiger partial charge >= 0.3 is 7.60 Å². The molecule has 0 spiro atoms. The first-order valence-electron chi connectivity index (χ1n) is 9.36. The predicted molar refractivity (Wildman–Crippen MR) is 109 cm³/mol. The van der Waals surface area contributed by atoms with Crippen LogP contribution in [0.1, 0.15) is 40.5 Å². The van der Waals surface area contributed by atoms with Gasteiger partial charge in [0.25, 0.3) is 0 Å². The monoisotopic (exact) mass is 430 g/mol. The van der Waals surface area contributed by atoms with Gasteiger partial charge in [-0.2, -0.15) is 9.97 Å². The molecule has 2 heterocycles. The second-order valence-corrected chi connectivity index (χ2v) is 10.6. The second kappa shape index (κ2) is 7.22. The third-order valence-electron chi connectivity index (χ3n) is 5.89. The molecule has 3 rings (SSSR count). The maximum absolute atomic E-state index is 12.4. The molecule has 0 amide bonds. The Balaban J connectivity index is 1.84. The van der Waals surface area contributed by atoms with Crippen molar-refractivity contribution in [3.05, 3.63) is 11.5 Å². The number of nitrogens with zero attached hydrogens (tertiary/aromatic N) is 4. The normalized spacial score (nSPS) is 17.0. The van der Waals surface area contributed by atoms with Gasteiger partial charge in [0.05, 0.1) is 6.33 Å². The molecule has 1 aliphatic rings. The Morgan fingerprint density at radius 2 is 1.93 bits per heavy atom. The van der Waals surface area contributed by atoms with Gasteiger partial charge in [0.2, 0.25) is 5.95 Å². The molecule has 2 aromatic heterocycles. The number of fused-ring (bicyclic) bond motifs is 1. The van der Waals surface area contributed by atoms with E-state index in [0.717, 1.165) is 12.8 Å². The Morgan fingerprint density at radius 3 is 2.43 bits per heavy atom. The smallest absolute Gasteiger partial charge is 0.345 e. The summed E-state index contributed by atoms with van der Waals surface area (Å²) in [5, 5.41) is 2.22. The van der Waals surface area contributed by atoms with Crippen molar-refractivity contribution in [2.24, 2.45) is 17.3 Å². The molecule has 0 aromatic carbocycles. The zero-order valence-corrected chi connectivity index (χ0v) is 18.2. The molecular formula is C17H28ClN6O3P. The van der Waals surface area contributed by atoms with Gasteiger partial charge in [-0.3, -0.25) is 4.57 Å². The van der Waals surface area contributed by atoms with Crippen molar-refractivity contribution in [3.8, 4) is 0 Å². The van der Waals surface area contributed by atoms with Crippen molar-refractivity contribution in [1.29, 1.82) is 0 Å². The Morgan fingerprint density at radius 1 is 1.32 bits per heavy atom. The molecule has 0 aliphatic heterocycles. The maximum Gasteiger partial charge on any atom is 0.345 e. The standard InChI is InChI=1S/C17H28ClN6O3P/c1-10(2)17(11(3)4,28(25,26)27)21-7-16(5-6-16)8-24-9-20-12-13(18)22-15(19)23-14(12)24/h9-11,21H,5-8H2,1-4H3,(H2,19,22,23)(H2,25,26,27). The summed E-state index contributed by atoms with van der Waals surface area (Å²) in [6.45, 7) is 8.47. The highest BCUT2D eigenvalue weighted by Gasteiger charge is 2.54. The number of hydrogen-bond donors (Lipinski definition) is 4. The Bertz CT molecular complexity index is 913. The molecule has 0 bridgehead atoms. The molecule has 0 saturated heterocycles. The van der Waals surface area contributed by atoms with E-state index in [1.807, 2.05) is 32.3 Å². The third kappa shape index (κ3) is 3.66. The number of nitrogen functional groups attached to an aromatic ring is 1. The van der Waals surface area contributed by atoms with Gasteiger partial charge in [0, 0.05) is 18.5 Å². The van der Waals surface area contributed by atoms with E-state index in [-0.39, 0.29) is 28.4 Å². The fourth-order valence-corrected chi connectivity index (χ4v) is 6.00. The third-order valence-corrected chi connectivity index (χ3v) is 8.31. The van der Waals surface area contributed by atoms with E-state index < -0.39 is 12.9 Å². The van der Waals surface area contributed by atoms with Crippen molar-refractivity contribution in [2.45, 2.75) is 52.4 Å². The number of halogens is 1. The minimum atomic E-state index is -4.38. The number of imidazole rings is 1. The SMILES string of the molecule is CC(C)C(NCC1(Cn2cnc3c(Cl)nc(N)nc32)CC1)(C(C)C)P(=O)(O)O. The average Bonchev–Trinajstić information content (AvgIpc) is 3.19. The molecule has 1 saturated carbocycles. The molecule has 156 valence electrons. The first-order chi connectivity index (χ1) is 12.9. The van der Waals surface area contributed by atoms with Crippen LogP contribution in [0.25, 0.3) is 11.2 Å². The minimum absolute atomic E-state index is 0.0855. The summed E-state index contributed by atoms with van der Waals surface area (Å²) >= 11 is 6.10. The summed E-state index contributed by atoms with van der Waals surface area (Å²) in [4.78, 5) is 32.7. The van der Waals surface area contributed by atoms with Crippen molar-refractivity contribution < 1.29 is 14.4 Å². The zero-order valence-electron chi connectivity index (χ0n) is 16.6. The lowest BCUT2D eigenvalue weighted by atomic mass is 9.91. The van der Waals surface area contributed by atoms with Gasteiger partial charge < -0.3 is 25.4 Å². The number of rotatable bonds is 8. The van der Waals surface area contributed by atoms with Crippen LogP contribution in [-0.4, -0.2) is 41.1 Å². The molecule has 1 aliphatic carbocycles. The van der Waals surface area contributed by atoms with E-state index in [9.17, 15) is 14.4 Å². The summed E-state index contributed by atoms with van der Waals surface area (Å²) in [6.07, 6.45) is 3.55. The van der Waals surface area contributed by atoms with E-state index >= 15 is 0 Å². The maximum atomic E-state index is 12.4. The van der Waals surface area contributed by atoms with Crippen molar-refractivity contribution >= 4 is 36.3 Å². The van der Waals surface area contributed by atoms with Crippen LogP contribution in [0, 0.1) is 17.3 Å². The molecule has 0 unspecified atom stereocenters. The first-order valence-corrected chi connectivity index (χ1v) is 11.4. The Labute approximate surface area is 169 Å². The topological polar surface area (TPSA) is 139 Å². The predicted octanol–water partition coefficient (Wildman–Crippen LogP) is 2.62. The molecule has 9 nitrogen and oxygen atoms in total. The lowest BCUT2D eigenvalue weighted by Crippen LogP contribution is -2.55. The first kappa shape index (κ1) is 21.5. The highest BCUT2D eigenvalue weighted by atomic mass is 35.5. The van der Waals surface area contributed by atoms with Gasteiger partial charge in [-0.15, -0.1) is 0 Å². The molecule has 1 fully saturated rings. The van der Waals surface area contributed by atoms with Crippen LogP contribution >= 0.6 is 19.2 Å². The van der Waals surface area contributed by atoms with Crippen LogP contribution in [-0.2, 0) is 11.1 Å². The number of anilines is 1. The summed E-state index contributed by atoms with van der Waals surface area (Å²) in [7, 11) is -4.38.